The lowest BCUT2D eigenvalue weighted by Gasteiger charge is -2.07. The van der Waals surface area contributed by atoms with E-state index in [1.165, 1.54) is 24.3 Å². The SMILES string of the molecule is CCn1ncc(Br)c1C(=O)Nc1ccc(F)cc1. The molecule has 2 rings (SSSR count). The van der Waals surface area contributed by atoms with Crippen molar-refractivity contribution in [2.24, 2.45) is 0 Å². The van der Waals surface area contributed by atoms with Crippen molar-refractivity contribution in [3.05, 3.63) is 46.4 Å². The number of nitrogens with one attached hydrogen (secondary N) is 1. The third-order valence-electron chi connectivity index (χ3n) is 2.41. The van der Waals surface area contributed by atoms with Crippen LogP contribution in [0.15, 0.2) is 34.9 Å². The summed E-state index contributed by atoms with van der Waals surface area (Å²) in [7, 11) is 0. The quantitative estimate of drug-likeness (QED) is 0.947. The van der Waals surface area contributed by atoms with Crippen LogP contribution < -0.4 is 5.32 Å². The van der Waals surface area contributed by atoms with E-state index in [1.807, 2.05) is 6.92 Å². The van der Waals surface area contributed by atoms with Gasteiger partial charge in [-0.3, -0.25) is 9.48 Å². The first-order valence-electron chi connectivity index (χ1n) is 5.40. The van der Waals surface area contributed by atoms with Crippen LogP contribution in [0.3, 0.4) is 0 Å². The topological polar surface area (TPSA) is 46.9 Å². The summed E-state index contributed by atoms with van der Waals surface area (Å²) in [6.45, 7) is 2.49. The van der Waals surface area contributed by atoms with Gasteiger partial charge in [-0.25, -0.2) is 4.39 Å². The third kappa shape index (κ3) is 2.59. The van der Waals surface area contributed by atoms with E-state index in [0.717, 1.165) is 0 Å². The highest BCUT2D eigenvalue weighted by molar-refractivity contribution is 9.10. The van der Waals surface area contributed by atoms with Gasteiger partial charge in [-0.1, -0.05) is 0 Å². The van der Waals surface area contributed by atoms with E-state index in [9.17, 15) is 9.18 Å². The van der Waals surface area contributed by atoms with Crippen LogP contribution in [-0.2, 0) is 6.54 Å². The summed E-state index contributed by atoms with van der Waals surface area (Å²) in [5, 5.41) is 6.75. The van der Waals surface area contributed by atoms with Gasteiger partial charge in [0, 0.05) is 12.2 Å². The van der Waals surface area contributed by atoms with Crippen LogP contribution in [0, 0.1) is 5.82 Å². The van der Waals surface area contributed by atoms with Gasteiger partial charge in [0.05, 0.1) is 10.7 Å². The number of aromatic nitrogens is 2. The maximum absolute atomic E-state index is 12.7. The minimum Gasteiger partial charge on any atom is -0.321 e. The largest absolute Gasteiger partial charge is 0.321 e. The second-order valence-corrected chi connectivity index (χ2v) is 4.47. The predicted octanol–water partition coefficient (Wildman–Crippen LogP) is 3.06. The molecule has 1 heterocycles. The molecule has 0 atom stereocenters. The van der Waals surface area contributed by atoms with E-state index in [1.54, 1.807) is 10.9 Å². The zero-order valence-corrected chi connectivity index (χ0v) is 11.2. The molecular formula is C12H11BrFN3O. The number of anilines is 1. The lowest BCUT2D eigenvalue weighted by Crippen LogP contribution is -2.17. The number of benzene rings is 1. The van der Waals surface area contributed by atoms with Crippen LogP contribution in [0.2, 0.25) is 0 Å². The van der Waals surface area contributed by atoms with Gasteiger partial charge in [0.2, 0.25) is 0 Å². The van der Waals surface area contributed by atoms with E-state index in [-0.39, 0.29) is 11.7 Å². The Hall–Kier alpha value is -1.69. The fraction of sp³-hybridized carbons (Fsp3) is 0.167. The van der Waals surface area contributed by atoms with Crippen LogP contribution in [0.25, 0.3) is 0 Å². The Kier molecular flexibility index (Phi) is 3.76. The third-order valence-corrected chi connectivity index (χ3v) is 2.99. The second kappa shape index (κ2) is 5.30. The zero-order chi connectivity index (χ0) is 13.1. The number of amides is 1. The average molecular weight is 312 g/mol. The summed E-state index contributed by atoms with van der Waals surface area (Å²) in [6, 6.07) is 5.60. The highest BCUT2D eigenvalue weighted by Crippen LogP contribution is 2.18. The fourth-order valence-corrected chi connectivity index (χ4v) is 2.03. The molecule has 6 heteroatoms. The molecule has 4 nitrogen and oxygen atoms in total. The molecule has 0 aliphatic rings. The summed E-state index contributed by atoms with van der Waals surface area (Å²) in [5.74, 6) is -0.624. The van der Waals surface area contributed by atoms with E-state index in [2.05, 4.69) is 26.3 Å². The Balaban J connectivity index is 2.21. The molecule has 0 aliphatic carbocycles. The minimum absolute atomic E-state index is 0.284. The van der Waals surface area contributed by atoms with Crippen LogP contribution in [-0.4, -0.2) is 15.7 Å². The zero-order valence-electron chi connectivity index (χ0n) is 9.65. The number of rotatable bonds is 3. The first kappa shape index (κ1) is 12.8. The van der Waals surface area contributed by atoms with Crippen LogP contribution in [0.5, 0.6) is 0 Å². The number of carbonyl (C=O) groups excluding carboxylic acids is 1. The number of hydrogen-bond donors (Lipinski definition) is 1. The molecule has 1 N–H and O–H groups in total. The molecule has 94 valence electrons. The van der Waals surface area contributed by atoms with Gasteiger partial charge in [0.1, 0.15) is 11.5 Å². The van der Waals surface area contributed by atoms with Crippen molar-refractivity contribution < 1.29 is 9.18 Å². The average Bonchev–Trinajstić information content (AvgIpc) is 2.73. The highest BCUT2D eigenvalue weighted by Gasteiger charge is 2.16. The van der Waals surface area contributed by atoms with E-state index in [0.29, 0.717) is 22.4 Å². The summed E-state index contributed by atoms with van der Waals surface area (Å²) >= 11 is 3.28. The van der Waals surface area contributed by atoms with Gasteiger partial charge in [0.25, 0.3) is 5.91 Å². The van der Waals surface area contributed by atoms with Gasteiger partial charge in [-0.2, -0.15) is 5.10 Å². The van der Waals surface area contributed by atoms with Crippen molar-refractivity contribution >= 4 is 27.5 Å². The van der Waals surface area contributed by atoms with Crippen molar-refractivity contribution in [2.45, 2.75) is 13.5 Å². The predicted molar refractivity (Wildman–Crippen MR) is 70.0 cm³/mol. The smallest absolute Gasteiger partial charge is 0.275 e. The Morgan fingerprint density at radius 3 is 2.72 bits per heavy atom. The standard InChI is InChI=1S/C12H11BrFN3O/c1-2-17-11(10(13)7-15-17)12(18)16-9-5-3-8(14)4-6-9/h3-7H,2H2,1H3,(H,16,18). The van der Waals surface area contributed by atoms with Gasteiger partial charge in [-0.05, 0) is 47.1 Å². The fourth-order valence-electron chi connectivity index (χ4n) is 1.55. The molecule has 0 saturated heterocycles. The molecule has 0 spiro atoms. The maximum atomic E-state index is 12.7. The molecule has 1 aromatic carbocycles. The number of nitrogens with zero attached hydrogens (tertiary/aromatic N) is 2. The van der Waals surface area contributed by atoms with Crippen LogP contribution in [0.4, 0.5) is 10.1 Å². The molecule has 1 aromatic heterocycles. The summed E-state index contributed by atoms with van der Waals surface area (Å²) in [6.07, 6.45) is 1.57. The first-order valence-corrected chi connectivity index (χ1v) is 6.19. The Bertz CT molecular complexity index is 565. The van der Waals surface area contributed by atoms with E-state index in [4.69, 9.17) is 0 Å². The van der Waals surface area contributed by atoms with Crippen molar-refractivity contribution in [1.29, 1.82) is 0 Å². The number of hydrogen-bond acceptors (Lipinski definition) is 2. The molecule has 0 radical (unpaired) electrons. The van der Waals surface area contributed by atoms with E-state index < -0.39 is 0 Å². The van der Waals surface area contributed by atoms with Gasteiger partial charge >= 0.3 is 0 Å². The number of aryl methyl sites for hydroxylation is 1. The lowest BCUT2D eigenvalue weighted by molar-refractivity contribution is 0.101. The van der Waals surface area contributed by atoms with Crippen molar-refractivity contribution in [1.82, 2.24) is 9.78 Å². The normalized spacial score (nSPS) is 10.4. The van der Waals surface area contributed by atoms with Gasteiger partial charge in [0.15, 0.2) is 0 Å². The van der Waals surface area contributed by atoms with Gasteiger partial charge < -0.3 is 5.32 Å². The summed E-state index contributed by atoms with van der Waals surface area (Å²) in [5.41, 5.74) is 0.985. The first-order chi connectivity index (χ1) is 8.61. The molecule has 1 amide bonds. The Labute approximate surface area is 112 Å². The number of halogens is 2. The van der Waals surface area contributed by atoms with Crippen molar-refractivity contribution in [2.75, 3.05) is 5.32 Å². The van der Waals surface area contributed by atoms with Crippen LogP contribution in [0.1, 0.15) is 17.4 Å². The maximum Gasteiger partial charge on any atom is 0.275 e. The molecule has 2 aromatic rings. The molecule has 0 fully saturated rings. The summed E-state index contributed by atoms with van der Waals surface area (Å²) in [4.78, 5) is 12.1. The molecular weight excluding hydrogens is 301 g/mol. The summed E-state index contributed by atoms with van der Waals surface area (Å²) < 4.78 is 15.0. The number of carbonyl (C=O) groups is 1. The van der Waals surface area contributed by atoms with Gasteiger partial charge in [-0.15, -0.1) is 0 Å². The lowest BCUT2D eigenvalue weighted by atomic mass is 10.3. The van der Waals surface area contributed by atoms with E-state index >= 15 is 0 Å². The monoisotopic (exact) mass is 311 g/mol. The Morgan fingerprint density at radius 2 is 2.11 bits per heavy atom. The molecule has 0 aliphatic heterocycles. The van der Waals surface area contributed by atoms with Crippen molar-refractivity contribution in [3.63, 3.8) is 0 Å². The van der Waals surface area contributed by atoms with Crippen molar-refractivity contribution in [3.8, 4) is 0 Å². The highest BCUT2D eigenvalue weighted by atomic mass is 79.9. The molecule has 18 heavy (non-hydrogen) atoms. The second-order valence-electron chi connectivity index (χ2n) is 3.62. The van der Waals surface area contributed by atoms with Crippen LogP contribution >= 0.6 is 15.9 Å². The molecule has 0 bridgehead atoms. The Morgan fingerprint density at radius 1 is 1.44 bits per heavy atom. The molecule has 0 unspecified atom stereocenters. The minimum atomic E-state index is -0.340. The molecule has 0 saturated carbocycles.